The number of nitrogens with zero attached hydrogens (tertiary/aromatic N) is 2. The molecule has 3 nitrogen and oxygen atoms in total. The zero-order valence-electron chi connectivity index (χ0n) is 11.8. The summed E-state index contributed by atoms with van der Waals surface area (Å²) >= 11 is 0. The van der Waals surface area contributed by atoms with Gasteiger partial charge in [-0.2, -0.15) is 5.10 Å². The molecule has 1 aliphatic heterocycles. The third kappa shape index (κ3) is 3.14. The van der Waals surface area contributed by atoms with Crippen molar-refractivity contribution in [3.63, 3.8) is 0 Å². The first-order chi connectivity index (χ1) is 8.86. The quantitative estimate of drug-likeness (QED) is 0.765. The smallest absolute Gasteiger partial charge is 0.0566 e. The van der Waals surface area contributed by atoms with Crippen LogP contribution in [0.15, 0.2) is 12.3 Å². The van der Waals surface area contributed by atoms with Crippen LogP contribution in [0.5, 0.6) is 0 Å². The lowest BCUT2D eigenvalue weighted by molar-refractivity contribution is 0.0649. The summed E-state index contributed by atoms with van der Waals surface area (Å²) in [5.41, 5.74) is 1.45. The lowest BCUT2D eigenvalue weighted by Crippen LogP contribution is -2.23. The minimum absolute atomic E-state index is 0.556. The van der Waals surface area contributed by atoms with Crippen LogP contribution >= 0.6 is 0 Å². The van der Waals surface area contributed by atoms with Gasteiger partial charge in [-0.15, -0.1) is 0 Å². The second kappa shape index (κ2) is 6.93. The fourth-order valence-corrected chi connectivity index (χ4v) is 3.02. The molecular weight excluding hydrogens is 224 g/mol. The van der Waals surface area contributed by atoms with Crippen molar-refractivity contribution in [1.29, 1.82) is 0 Å². The number of hydrogen-bond acceptors (Lipinski definition) is 2. The maximum absolute atomic E-state index is 5.45. The highest BCUT2D eigenvalue weighted by Gasteiger charge is 2.22. The average Bonchev–Trinajstić information content (AvgIpc) is 2.88. The number of rotatable bonds is 6. The van der Waals surface area contributed by atoms with Gasteiger partial charge in [-0.25, -0.2) is 0 Å². The predicted molar refractivity (Wildman–Crippen MR) is 73.9 cm³/mol. The zero-order valence-corrected chi connectivity index (χ0v) is 11.8. The third-order valence-electron chi connectivity index (χ3n) is 3.93. The Hall–Kier alpha value is -0.830. The lowest BCUT2D eigenvalue weighted by Gasteiger charge is -2.26. The van der Waals surface area contributed by atoms with E-state index in [0.717, 1.165) is 26.1 Å². The largest absolute Gasteiger partial charge is 0.381 e. The summed E-state index contributed by atoms with van der Waals surface area (Å²) in [7, 11) is 0. The molecule has 0 aromatic carbocycles. The number of aromatic nitrogens is 2. The van der Waals surface area contributed by atoms with Crippen molar-refractivity contribution in [1.82, 2.24) is 9.78 Å². The van der Waals surface area contributed by atoms with Crippen molar-refractivity contribution in [3.8, 4) is 0 Å². The molecule has 2 heterocycles. The topological polar surface area (TPSA) is 27.1 Å². The maximum Gasteiger partial charge on any atom is 0.0566 e. The molecule has 0 spiro atoms. The minimum Gasteiger partial charge on any atom is -0.381 e. The third-order valence-corrected chi connectivity index (χ3v) is 3.93. The van der Waals surface area contributed by atoms with E-state index in [1.165, 1.54) is 31.4 Å². The van der Waals surface area contributed by atoms with E-state index < -0.39 is 0 Å². The molecule has 0 radical (unpaired) electrons. The first kappa shape index (κ1) is 13.6. The second-order valence-electron chi connectivity index (χ2n) is 5.32. The van der Waals surface area contributed by atoms with E-state index in [2.05, 4.69) is 29.7 Å². The van der Waals surface area contributed by atoms with E-state index in [4.69, 9.17) is 4.74 Å². The van der Waals surface area contributed by atoms with E-state index >= 15 is 0 Å². The van der Waals surface area contributed by atoms with Gasteiger partial charge in [0.05, 0.1) is 6.04 Å². The molecule has 0 atom stereocenters. The number of hydrogen-bond donors (Lipinski definition) is 0. The normalized spacial score (nSPS) is 17.5. The molecule has 102 valence electrons. The van der Waals surface area contributed by atoms with E-state index in [0.29, 0.717) is 12.0 Å². The van der Waals surface area contributed by atoms with Gasteiger partial charge in [0, 0.05) is 31.0 Å². The van der Waals surface area contributed by atoms with E-state index in [1.54, 1.807) is 0 Å². The van der Waals surface area contributed by atoms with Crippen LogP contribution in [0.1, 0.15) is 70.0 Å². The van der Waals surface area contributed by atoms with Crippen molar-refractivity contribution in [2.24, 2.45) is 0 Å². The SMILES string of the molecule is CCCC(CCC)c1ccnn1C1CCOCC1. The summed E-state index contributed by atoms with van der Waals surface area (Å²) < 4.78 is 7.74. The van der Waals surface area contributed by atoms with Crippen LogP contribution in [0, 0.1) is 0 Å². The maximum atomic E-state index is 5.45. The van der Waals surface area contributed by atoms with Gasteiger partial charge in [-0.3, -0.25) is 4.68 Å². The van der Waals surface area contributed by atoms with Crippen LogP contribution < -0.4 is 0 Å². The Labute approximate surface area is 111 Å². The Bertz CT molecular complexity index is 336. The molecule has 0 bridgehead atoms. The zero-order chi connectivity index (χ0) is 12.8. The molecule has 1 aromatic heterocycles. The van der Waals surface area contributed by atoms with Gasteiger partial charge in [0.25, 0.3) is 0 Å². The highest BCUT2D eigenvalue weighted by molar-refractivity contribution is 5.09. The van der Waals surface area contributed by atoms with Crippen molar-refractivity contribution < 1.29 is 4.74 Å². The van der Waals surface area contributed by atoms with Gasteiger partial charge >= 0.3 is 0 Å². The first-order valence-corrected chi connectivity index (χ1v) is 7.48. The van der Waals surface area contributed by atoms with Crippen LogP contribution in [0.25, 0.3) is 0 Å². The van der Waals surface area contributed by atoms with Crippen LogP contribution in [0.3, 0.4) is 0 Å². The summed E-state index contributed by atoms with van der Waals surface area (Å²) in [5.74, 6) is 0.686. The van der Waals surface area contributed by atoms with Crippen LogP contribution in [-0.4, -0.2) is 23.0 Å². The van der Waals surface area contributed by atoms with Crippen LogP contribution in [0.4, 0.5) is 0 Å². The molecule has 0 unspecified atom stereocenters. The molecule has 1 fully saturated rings. The Morgan fingerprint density at radius 2 is 1.94 bits per heavy atom. The molecule has 3 heteroatoms. The molecule has 0 saturated carbocycles. The molecule has 0 amide bonds. The Balaban J connectivity index is 2.13. The monoisotopic (exact) mass is 250 g/mol. The van der Waals surface area contributed by atoms with E-state index in [1.807, 2.05) is 6.20 Å². The fourth-order valence-electron chi connectivity index (χ4n) is 3.02. The molecule has 2 rings (SSSR count). The minimum atomic E-state index is 0.556. The highest BCUT2D eigenvalue weighted by atomic mass is 16.5. The van der Waals surface area contributed by atoms with Crippen molar-refractivity contribution >= 4 is 0 Å². The van der Waals surface area contributed by atoms with Gasteiger partial charge in [-0.05, 0) is 31.7 Å². The van der Waals surface area contributed by atoms with Crippen molar-refractivity contribution in [2.45, 2.75) is 64.3 Å². The van der Waals surface area contributed by atoms with Crippen LogP contribution in [0.2, 0.25) is 0 Å². The van der Waals surface area contributed by atoms with Gasteiger partial charge in [0.1, 0.15) is 0 Å². The Kier molecular flexibility index (Phi) is 5.24. The Morgan fingerprint density at radius 1 is 1.28 bits per heavy atom. The average molecular weight is 250 g/mol. The molecule has 1 aliphatic rings. The first-order valence-electron chi connectivity index (χ1n) is 7.48. The number of ether oxygens (including phenoxy) is 1. The molecule has 0 N–H and O–H groups in total. The van der Waals surface area contributed by atoms with Gasteiger partial charge in [0.15, 0.2) is 0 Å². The van der Waals surface area contributed by atoms with E-state index in [-0.39, 0.29) is 0 Å². The van der Waals surface area contributed by atoms with E-state index in [9.17, 15) is 0 Å². The lowest BCUT2D eigenvalue weighted by atomic mass is 9.94. The summed E-state index contributed by atoms with van der Waals surface area (Å²) in [6.45, 7) is 6.32. The van der Waals surface area contributed by atoms with Gasteiger partial charge < -0.3 is 4.74 Å². The van der Waals surface area contributed by atoms with Gasteiger partial charge in [-0.1, -0.05) is 26.7 Å². The predicted octanol–water partition coefficient (Wildman–Crippen LogP) is 3.92. The standard InChI is InChI=1S/C15H26N2O/c1-3-5-13(6-4-2)15-7-10-16-17(15)14-8-11-18-12-9-14/h7,10,13-14H,3-6,8-9,11-12H2,1-2H3. The molecule has 1 aromatic rings. The van der Waals surface area contributed by atoms with Crippen molar-refractivity contribution in [2.75, 3.05) is 13.2 Å². The molecule has 18 heavy (non-hydrogen) atoms. The summed E-state index contributed by atoms with van der Waals surface area (Å²) in [6, 6.07) is 2.78. The second-order valence-corrected chi connectivity index (χ2v) is 5.32. The highest BCUT2D eigenvalue weighted by Crippen LogP contribution is 2.30. The Morgan fingerprint density at radius 3 is 2.56 bits per heavy atom. The molecule has 1 saturated heterocycles. The summed E-state index contributed by atoms with van der Waals surface area (Å²) in [6.07, 6.45) is 9.27. The fraction of sp³-hybridized carbons (Fsp3) is 0.800. The van der Waals surface area contributed by atoms with Crippen LogP contribution in [-0.2, 0) is 4.74 Å². The van der Waals surface area contributed by atoms with Crippen molar-refractivity contribution in [3.05, 3.63) is 18.0 Å². The van der Waals surface area contributed by atoms with Gasteiger partial charge in [0.2, 0.25) is 0 Å². The summed E-state index contributed by atoms with van der Waals surface area (Å²) in [5, 5.41) is 4.59. The molecule has 0 aliphatic carbocycles. The molecular formula is C15H26N2O. The summed E-state index contributed by atoms with van der Waals surface area (Å²) in [4.78, 5) is 0.